The van der Waals surface area contributed by atoms with Gasteiger partial charge in [0.05, 0.1) is 7.11 Å². The van der Waals surface area contributed by atoms with Crippen molar-refractivity contribution in [2.24, 2.45) is 5.92 Å². The summed E-state index contributed by atoms with van der Waals surface area (Å²) in [5, 5.41) is 11.3. The van der Waals surface area contributed by atoms with Crippen molar-refractivity contribution in [1.29, 1.82) is 5.26 Å². The summed E-state index contributed by atoms with van der Waals surface area (Å²) in [4.78, 5) is 22.7. The van der Waals surface area contributed by atoms with Crippen LogP contribution in [0.2, 0.25) is 0 Å². The molecular weight excluding hydrogens is 224 g/mol. The molecule has 17 heavy (non-hydrogen) atoms. The average molecular weight is 238 g/mol. The lowest BCUT2D eigenvalue weighted by atomic mass is 9.90. The van der Waals surface area contributed by atoms with Crippen molar-refractivity contribution >= 4 is 11.9 Å². The lowest BCUT2D eigenvalue weighted by Crippen LogP contribution is -2.56. The summed E-state index contributed by atoms with van der Waals surface area (Å²) in [6.45, 7) is 2.85. The standard InChI is InChI=1S/C11H14N2O4/c1-7(14)13-11(2)9(10(15)16-3)5-4-8(6-12)17-11/h4,9H,5H2,1-3H3,(H,13,14)/t9-,11+/m0/s1. The van der Waals surface area contributed by atoms with E-state index in [-0.39, 0.29) is 18.1 Å². The smallest absolute Gasteiger partial charge is 0.315 e. The molecule has 1 amide bonds. The molecule has 92 valence electrons. The summed E-state index contributed by atoms with van der Waals surface area (Å²) in [5.41, 5.74) is -1.25. The third-order valence-electron chi connectivity index (χ3n) is 2.55. The number of hydrogen-bond acceptors (Lipinski definition) is 5. The van der Waals surface area contributed by atoms with Gasteiger partial charge in [0.25, 0.3) is 0 Å². The summed E-state index contributed by atoms with van der Waals surface area (Å²) in [5.74, 6) is -1.43. The minimum absolute atomic E-state index is 0.0846. The molecule has 0 saturated carbocycles. The fourth-order valence-corrected chi connectivity index (χ4v) is 1.78. The molecule has 6 nitrogen and oxygen atoms in total. The largest absolute Gasteiger partial charge is 0.469 e. The quantitative estimate of drug-likeness (QED) is 0.706. The van der Waals surface area contributed by atoms with Gasteiger partial charge in [0.2, 0.25) is 5.91 Å². The zero-order valence-corrected chi connectivity index (χ0v) is 9.94. The van der Waals surface area contributed by atoms with E-state index in [1.165, 1.54) is 20.1 Å². The molecule has 0 aromatic heterocycles. The number of ether oxygens (including phenoxy) is 2. The fraction of sp³-hybridized carbons (Fsp3) is 0.545. The number of rotatable bonds is 2. The highest BCUT2D eigenvalue weighted by Gasteiger charge is 2.45. The molecule has 1 heterocycles. The molecule has 0 fully saturated rings. The second kappa shape index (κ2) is 4.87. The van der Waals surface area contributed by atoms with Crippen molar-refractivity contribution in [2.75, 3.05) is 7.11 Å². The van der Waals surface area contributed by atoms with Crippen LogP contribution in [0, 0.1) is 17.2 Å². The van der Waals surface area contributed by atoms with Gasteiger partial charge in [-0.1, -0.05) is 0 Å². The van der Waals surface area contributed by atoms with Crippen LogP contribution in [-0.2, 0) is 19.1 Å². The minimum atomic E-state index is -1.25. The van der Waals surface area contributed by atoms with Crippen LogP contribution in [0.1, 0.15) is 20.3 Å². The van der Waals surface area contributed by atoms with E-state index in [9.17, 15) is 9.59 Å². The van der Waals surface area contributed by atoms with Gasteiger partial charge in [0.1, 0.15) is 12.0 Å². The predicted molar refractivity (Wildman–Crippen MR) is 57.1 cm³/mol. The number of methoxy groups -OCH3 is 1. The number of nitriles is 1. The molecule has 0 unspecified atom stereocenters. The van der Waals surface area contributed by atoms with Crippen molar-refractivity contribution in [3.05, 3.63) is 11.8 Å². The predicted octanol–water partition coefficient (Wildman–Crippen LogP) is 0.456. The van der Waals surface area contributed by atoms with E-state index in [1.54, 1.807) is 6.92 Å². The Morgan fingerprint density at radius 3 is 2.82 bits per heavy atom. The number of amides is 1. The van der Waals surface area contributed by atoms with Crippen molar-refractivity contribution < 1.29 is 19.1 Å². The Hall–Kier alpha value is -2.03. The van der Waals surface area contributed by atoms with Gasteiger partial charge in [-0.15, -0.1) is 0 Å². The van der Waals surface area contributed by atoms with Gasteiger partial charge in [-0.3, -0.25) is 9.59 Å². The summed E-state index contributed by atoms with van der Waals surface area (Å²) in [6.07, 6.45) is 1.79. The molecule has 0 aromatic carbocycles. The van der Waals surface area contributed by atoms with Gasteiger partial charge in [-0.05, 0) is 19.4 Å². The number of allylic oxidation sites excluding steroid dienone is 2. The SMILES string of the molecule is COC(=O)[C@@H]1CC=C(C#N)O[C@@]1(C)NC(C)=O. The first-order valence-corrected chi connectivity index (χ1v) is 5.08. The Bertz CT molecular complexity index is 410. The van der Waals surface area contributed by atoms with Crippen LogP contribution in [-0.4, -0.2) is 24.7 Å². The van der Waals surface area contributed by atoms with Crippen LogP contribution < -0.4 is 5.32 Å². The zero-order chi connectivity index (χ0) is 13.1. The highest BCUT2D eigenvalue weighted by atomic mass is 16.5. The third kappa shape index (κ3) is 2.75. The number of nitrogens with one attached hydrogen (secondary N) is 1. The van der Waals surface area contributed by atoms with E-state index in [2.05, 4.69) is 10.1 Å². The van der Waals surface area contributed by atoms with Gasteiger partial charge in [-0.25, -0.2) is 0 Å². The number of esters is 1. The number of hydrogen-bond donors (Lipinski definition) is 1. The van der Waals surface area contributed by atoms with Crippen LogP contribution in [0.4, 0.5) is 0 Å². The maximum absolute atomic E-state index is 11.6. The normalized spacial score (nSPS) is 27.2. The Balaban J connectivity index is 3.02. The van der Waals surface area contributed by atoms with Gasteiger partial charge < -0.3 is 14.8 Å². The molecule has 0 aliphatic carbocycles. The number of carbonyl (C=O) groups is 2. The van der Waals surface area contributed by atoms with Crippen LogP contribution >= 0.6 is 0 Å². The van der Waals surface area contributed by atoms with Crippen molar-refractivity contribution in [1.82, 2.24) is 5.32 Å². The third-order valence-corrected chi connectivity index (χ3v) is 2.55. The van der Waals surface area contributed by atoms with Gasteiger partial charge in [0, 0.05) is 6.92 Å². The molecule has 1 rings (SSSR count). The summed E-state index contributed by atoms with van der Waals surface area (Å²) < 4.78 is 9.99. The molecular formula is C11H14N2O4. The topological polar surface area (TPSA) is 88.4 Å². The lowest BCUT2D eigenvalue weighted by molar-refractivity contribution is -0.162. The van der Waals surface area contributed by atoms with Crippen LogP contribution in [0.25, 0.3) is 0 Å². The molecule has 1 N–H and O–H groups in total. The number of carbonyl (C=O) groups excluding carboxylic acids is 2. The first-order valence-electron chi connectivity index (χ1n) is 5.08. The maximum atomic E-state index is 11.6. The minimum Gasteiger partial charge on any atom is -0.469 e. The van der Waals surface area contributed by atoms with Crippen molar-refractivity contribution in [2.45, 2.75) is 26.0 Å². The van der Waals surface area contributed by atoms with E-state index >= 15 is 0 Å². The van der Waals surface area contributed by atoms with Crippen LogP contribution in [0.15, 0.2) is 11.8 Å². The molecule has 1 aliphatic rings. The Morgan fingerprint density at radius 1 is 1.71 bits per heavy atom. The zero-order valence-electron chi connectivity index (χ0n) is 9.94. The van der Waals surface area contributed by atoms with E-state index < -0.39 is 17.6 Å². The highest BCUT2D eigenvalue weighted by Crippen LogP contribution is 2.31. The lowest BCUT2D eigenvalue weighted by Gasteiger charge is -2.38. The van der Waals surface area contributed by atoms with Gasteiger partial charge in [0.15, 0.2) is 11.5 Å². The monoisotopic (exact) mass is 238 g/mol. The van der Waals surface area contributed by atoms with Gasteiger partial charge in [-0.2, -0.15) is 5.26 Å². The maximum Gasteiger partial charge on any atom is 0.315 e. The summed E-state index contributed by atoms with van der Waals surface area (Å²) in [7, 11) is 1.26. The Kier molecular flexibility index (Phi) is 3.73. The van der Waals surface area contributed by atoms with Crippen molar-refractivity contribution in [3.63, 3.8) is 0 Å². The molecule has 2 atom stereocenters. The fourth-order valence-electron chi connectivity index (χ4n) is 1.78. The van der Waals surface area contributed by atoms with E-state index in [4.69, 9.17) is 10.00 Å². The Morgan fingerprint density at radius 2 is 2.35 bits per heavy atom. The number of nitrogens with zero attached hydrogens (tertiary/aromatic N) is 1. The molecule has 0 bridgehead atoms. The van der Waals surface area contributed by atoms with E-state index in [0.717, 1.165) is 0 Å². The second-order valence-corrected chi connectivity index (χ2v) is 3.88. The first-order chi connectivity index (χ1) is 7.92. The molecule has 0 radical (unpaired) electrons. The highest BCUT2D eigenvalue weighted by molar-refractivity contribution is 5.78. The van der Waals surface area contributed by atoms with Crippen molar-refractivity contribution in [3.8, 4) is 6.07 Å². The molecule has 1 aliphatic heterocycles. The second-order valence-electron chi connectivity index (χ2n) is 3.88. The van der Waals surface area contributed by atoms with Crippen LogP contribution in [0.5, 0.6) is 0 Å². The molecule has 0 spiro atoms. The van der Waals surface area contributed by atoms with Crippen LogP contribution in [0.3, 0.4) is 0 Å². The summed E-state index contributed by atoms with van der Waals surface area (Å²) >= 11 is 0. The molecule has 6 heteroatoms. The average Bonchev–Trinajstić information content (AvgIpc) is 2.26. The van der Waals surface area contributed by atoms with E-state index in [0.29, 0.717) is 0 Å². The van der Waals surface area contributed by atoms with Gasteiger partial charge >= 0.3 is 5.97 Å². The molecule has 0 aromatic rings. The first kappa shape index (κ1) is 13.0. The summed E-state index contributed by atoms with van der Waals surface area (Å²) in [6, 6.07) is 1.85. The molecule has 0 saturated heterocycles. The van der Waals surface area contributed by atoms with E-state index in [1.807, 2.05) is 6.07 Å². The Labute approximate surface area is 99.2 Å².